The van der Waals surface area contributed by atoms with Crippen molar-refractivity contribution in [2.75, 3.05) is 27.3 Å². The van der Waals surface area contributed by atoms with Gasteiger partial charge in [0.05, 0.1) is 10.6 Å². The molecule has 0 aliphatic heterocycles. The summed E-state index contributed by atoms with van der Waals surface area (Å²) in [6.45, 7) is 0.00240. The number of hydrogen-bond acceptors (Lipinski definition) is 5. The number of nitrogens with zero attached hydrogens (tertiary/aromatic N) is 1. The molecule has 26 heavy (non-hydrogen) atoms. The molecule has 0 aromatic heterocycles. The van der Waals surface area contributed by atoms with Gasteiger partial charge in [0.15, 0.2) is 0 Å². The number of benzene rings is 2. The predicted molar refractivity (Wildman–Crippen MR) is 94.5 cm³/mol. The van der Waals surface area contributed by atoms with Crippen molar-refractivity contribution in [3.63, 3.8) is 0 Å². The van der Waals surface area contributed by atoms with Crippen molar-refractivity contribution in [3.8, 4) is 5.75 Å². The van der Waals surface area contributed by atoms with Crippen LogP contribution in [0.1, 0.15) is 10.4 Å². The van der Waals surface area contributed by atoms with E-state index in [9.17, 15) is 17.6 Å². The van der Waals surface area contributed by atoms with Crippen molar-refractivity contribution in [2.45, 2.75) is 4.90 Å². The fourth-order valence-corrected chi connectivity index (χ4v) is 3.33. The molecular formula is C17H17ClFNO5S. The van der Waals surface area contributed by atoms with Gasteiger partial charge in [-0.25, -0.2) is 21.9 Å². The third kappa shape index (κ3) is 4.94. The molecule has 0 amide bonds. The summed E-state index contributed by atoms with van der Waals surface area (Å²) in [6.07, 6.45) is 0. The van der Waals surface area contributed by atoms with Crippen LogP contribution in [0.2, 0.25) is 5.02 Å². The number of sulfonamides is 1. The van der Waals surface area contributed by atoms with Crippen LogP contribution in [0.5, 0.6) is 5.75 Å². The van der Waals surface area contributed by atoms with Gasteiger partial charge < -0.3 is 9.47 Å². The van der Waals surface area contributed by atoms with Crippen LogP contribution in [0.25, 0.3) is 0 Å². The molecular weight excluding hydrogens is 385 g/mol. The quantitative estimate of drug-likeness (QED) is 0.527. The average Bonchev–Trinajstić information content (AvgIpc) is 2.60. The number of hydrogen-bond donors (Lipinski definition) is 0. The first kappa shape index (κ1) is 20.2. The van der Waals surface area contributed by atoms with E-state index >= 15 is 0 Å². The normalized spacial score (nSPS) is 11.4. The Morgan fingerprint density at radius 2 is 1.77 bits per heavy atom. The van der Waals surface area contributed by atoms with Crippen molar-refractivity contribution in [1.29, 1.82) is 0 Å². The van der Waals surface area contributed by atoms with Gasteiger partial charge in [-0.2, -0.15) is 0 Å². The van der Waals surface area contributed by atoms with Gasteiger partial charge in [0, 0.05) is 14.1 Å². The monoisotopic (exact) mass is 401 g/mol. The second kappa shape index (κ2) is 8.48. The maximum Gasteiger partial charge on any atom is 0.338 e. The van der Waals surface area contributed by atoms with E-state index in [1.165, 1.54) is 56.6 Å². The number of rotatable bonds is 7. The van der Waals surface area contributed by atoms with E-state index in [4.69, 9.17) is 21.1 Å². The molecule has 0 atom stereocenters. The lowest BCUT2D eigenvalue weighted by atomic mass is 10.2. The molecule has 9 heteroatoms. The lowest BCUT2D eigenvalue weighted by Crippen LogP contribution is -2.23. The van der Waals surface area contributed by atoms with E-state index in [1.54, 1.807) is 0 Å². The summed E-state index contributed by atoms with van der Waals surface area (Å²) in [5.74, 6) is -0.650. The summed E-state index contributed by atoms with van der Waals surface area (Å²) < 4.78 is 48.6. The Bertz CT molecular complexity index is 885. The van der Waals surface area contributed by atoms with Gasteiger partial charge in [0.2, 0.25) is 10.0 Å². The van der Waals surface area contributed by atoms with Gasteiger partial charge in [0.25, 0.3) is 0 Å². The number of halogens is 2. The molecule has 0 saturated heterocycles. The molecule has 0 bridgehead atoms. The van der Waals surface area contributed by atoms with Crippen LogP contribution in [0, 0.1) is 5.82 Å². The predicted octanol–water partition coefficient (Wildman–Crippen LogP) is 2.97. The number of carbonyl (C=O) groups is 1. The van der Waals surface area contributed by atoms with Crippen molar-refractivity contribution in [3.05, 3.63) is 58.9 Å². The highest BCUT2D eigenvalue weighted by Gasteiger charge is 2.22. The van der Waals surface area contributed by atoms with Gasteiger partial charge >= 0.3 is 5.97 Å². The van der Waals surface area contributed by atoms with Crippen LogP contribution in [-0.2, 0) is 14.8 Å². The standard InChI is InChI=1S/C17H17ClFNO5S/c1-20(2)26(22,23)16-11-12(3-8-15(16)18)17(21)25-10-9-24-14-6-4-13(19)5-7-14/h3-8,11H,9-10H2,1-2H3. The smallest absolute Gasteiger partial charge is 0.338 e. The van der Waals surface area contributed by atoms with Crippen molar-refractivity contribution in [1.82, 2.24) is 4.31 Å². The summed E-state index contributed by atoms with van der Waals surface area (Å²) >= 11 is 5.93. The van der Waals surface area contributed by atoms with Gasteiger partial charge in [-0.1, -0.05) is 11.6 Å². The minimum Gasteiger partial charge on any atom is -0.490 e. The minimum atomic E-state index is -3.79. The zero-order valence-electron chi connectivity index (χ0n) is 14.1. The highest BCUT2D eigenvalue weighted by atomic mass is 35.5. The highest BCUT2D eigenvalue weighted by molar-refractivity contribution is 7.89. The van der Waals surface area contributed by atoms with Crippen LogP contribution in [0.3, 0.4) is 0 Å². The minimum absolute atomic E-state index is 0.00916. The Hall–Kier alpha value is -2.16. The maximum absolute atomic E-state index is 12.8. The largest absolute Gasteiger partial charge is 0.490 e. The number of esters is 1. The van der Waals surface area contributed by atoms with Crippen LogP contribution in [-0.4, -0.2) is 46.0 Å². The van der Waals surface area contributed by atoms with Crippen LogP contribution >= 0.6 is 11.6 Å². The topological polar surface area (TPSA) is 72.9 Å². The molecule has 0 N–H and O–H groups in total. The van der Waals surface area contributed by atoms with E-state index < -0.39 is 16.0 Å². The van der Waals surface area contributed by atoms with E-state index in [0.717, 1.165) is 4.31 Å². The summed E-state index contributed by atoms with van der Waals surface area (Å²) in [4.78, 5) is 11.9. The first-order valence-corrected chi connectivity index (χ1v) is 9.31. The molecule has 2 aromatic rings. The van der Waals surface area contributed by atoms with Gasteiger partial charge in [-0.05, 0) is 42.5 Å². The molecule has 0 spiro atoms. The Labute approximate surface area is 156 Å². The summed E-state index contributed by atoms with van der Waals surface area (Å²) in [5, 5.41) is 0.00916. The third-order valence-electron chi connectivity index (χ3n) is 3.32. The molecule has 0 radical (unpaired) electrons. The maximum atomic E-state index is 12.8. The molecule has 0 saturated carbocycles. The Kier molecular flexibility index (Phi) is 6.57. The summed E-state index contributed by atoms with van der Waals surface area (Å²) in [7, 11) is -1.06. The van der Waals surface area contributed by atoms with E-state index in [2.05, 4.69) is 0 Å². The molecule has 0 heterocycles. The van der Waals surface area contributed by atoms with E-state index in [-0.39, 0.29) is 34.5 Å². The first-order chi connectivity index (χ1) is 12.2. The second-order valence-corrected chi connectivity index (χ2v) is 7.90. The highest BCUT2D eigenvalue weighted by Crippen LogP contribution is 2.25. The van der Waals surface area contributed by atoms with Gasteiger partial charge in [-0.3, -0.25) is 0 Å². The third-order valence-corrected chi connectivity index (χ3v) is 5.62. The van der Waals surface area contributed by atoms with Crippen LogP contribution in [0.4, 0.5) is 4.39 Å². The van der Waals surface area contributed by atoms with Crippen molar-refractivity contribution in [2.24, 2.45) is 0 Å². The van der Waals surface area contributed by atoms with Gasteiger partial charge in [0.1, 0.15) is 29.7 Å². The zero-order valence-corrected chi connectivity index (χ0v) is 15.7. The van der Waals surface area contributed by atoms with E-state index in [1.807, 2.05) is 0 Å². The fraction of sp³-hybridized carbons (Fsp3) is 0.235. The number of ether oxygens (including phenoxy) is 2. The first-order valence-electron chi connectivity index (χ1n) is 7.49. The molecule has 6 nitrogen and oxygen atoms in total. The molecule has 2 aromatic carbocycles. The molecule has 0 aliphatic carbocycles. The van der Waals surface area contributed by atoms with Gasteiger partial charge in [-0.15, -0.1) is 0 Å². The molecule has 0 fully saturated rings. The Morgan fingerprint density at radius 1 is 1.12 bits per heavy atom. The Morgan fingerprint density at radius 3 is 2.38 bits per heavy atom. The Balaban J connectivity index is 1.98. The van der Waals surface area contributed by atoms with Crippen LogP contribution in [0.15, 0.2) is 47.4 Å². The molecule has 140 valence electrons. The lowest BCUT2D eigenvalue weighted by molar-refractivity contribution is 0.0450. The SMILES string of the molecule is CN(C)S(=O)(=O)c1cc(C(=O)OCCOc2ccc(F)cc2)ccc1Cl. The fourth-order valence-electron chi connectivity index (χ4n) is 1.93. The van der Waals surface area contributed by atoms with Crippen LogP contribution < -0.4 is 4.74 Å². The number of carbonyl (C=O) groups excluding carboxylic acids is 1. The average molecular weight is 402 g/mol. The zero-order chi connectivity index (χ0) is 19.3. The molecule has 0 aliphatic rings. The summed E-state index contributed by atoms with van der Waals surface area (Å²) in [6, 6.07) is 9.28. The molecule has 0 unspecified atom stereocenters. The second-order valence-electron chi connectivity index (χ2n) is 5.37. The summed E-state index contributed by atoms with van der Waals surface area (Å²) in [5.41, 5.74) is 0.0524. The molecule has 2 rings (SSSR count). The van der Waals surface area contributed by atoms with E-state index in [0.29, 0.717) is 5.75 Å². The lowest BCUT2D eigenvalue weighted by Gasteiger charge is -2.13. The van der Waals surface area contributed by atoms with Crippen molar-refractivity contribution < 1.29 is 27.1 Å². The van der Waals surface area contributed by atoms with Crippen molar-refractivity contribution >= 4 is 27.6 Å².